The zero-order valence-corrected chi connectivity index (χ0v) is 59.2. The molecule has 0 radical (unpaired) electrons. The van der Waals surface area contributed by atoms with Gasteiger partial charge in [-0.15, -0.1) is 0 Å². The highest BCUT2D eigenvalue weighted by atomic mass is 31.2. The predicted octanol–water partition coefficient (Wildman–Crippen LogP) is 19.4. The lowest BCUT2D eigenvalue weighted by Crippen LogP contribution is -2.30. The number of hydrogen-bond donors (Lipinski definition) is 3. The Kier molecular flexibility index (Phi) is 58.8. The number of phosphoric ester groups is 2. The van der Waals surface area contributed by atoms with Gasteiger partial charge in [-0.3, -0.25) is 37.3 Å². The van der Waals surface area contributed by atoms with E-state index in [0.717, 1.165) is 121 Å². The molecule has 0 aliphatic heterocycles. The van der Waals surface area contributed by atoms with Crippen LogP contribution in [0.2, 0.25) is 0 Å². The van der Waals surface area contributed by atoms with Crippen LogP contribution < -0.4 is 0 Å². The molecule has 89 heavy (non-hydrogen) atoms. The van der Waals surface area contributed by atoms with E-state index in [2.05, 4.69) is 72.8 Å². The molecule has 0 aromatic carbocycles. The van der Waals surface area contributed by atoms with E-state index in [9.17, 15) is 43.2 Å². The van der Waals surface area contributed by atoms with Crippen molar-refractivity contribution in [1.29, 1.82) is 0 Å². The minimum Gasteiger partial charge on any atom is -0.462 e. The van der Waals surface area contributed by atoms with E-state index in [1.54, 1.807) is 0 Å². The van der Waals surface area contributed by atoms with E-state index in [4.69, 9.17) is 37.0 Å². The minimum atomic E-state index is -4.96. The molecule has 0 saturated carbocycles. The van der Waals surface area contributed by atoms with Gasteiger partial charge in [-0.05, 0) is 69.1 Å². The molecule has 0 saturated heterocycles. The maximum atomic E-state index is 13.0. The summed E-state index contributed by atoms with van der Waals surface area (Å²) in [6.45, 7) is 11.7. The Hall–Kier alpha value is -2.46. The number of carbonyl (C=O) groups is 4. The summed E-state index contributed by atoms with van der Waals surface area (Å²) in [7, 11) is -9.91. The van der Waals surface area contributed by atoms with Crippen molar-refractivity contribution in [3.05, 3.63) is 24.3 Å². The molecule has 0 spiro atoms. The van der Waals surface area contributed by atoms with Gasteiger partial charge in [0.15, 0.2) is 12.2 Å². The molecule has 0 aliphatic carbocycles. The molecule has 4 unspecified atom stereocenters. The van der Waals surface area contributed by atoms with Gasteiger partial charge in [0.2, 0.25) is 0 Å². The Morgan fingerprint density at radius 1 is 0.371 bits per heavy atom. The minimum absolute atomic E-state index is 0.0834. The van der Waals surface area contributed by atoms with Gasteiger partial charge in [-0.2, -0.15) is 0 Å². The number of aliphatic hydroxyl groups excluding tert-OH is 1. The second kappa shape index (κ2) is 60.5. The fraction of sp³-hybridized carbons (Fsp3) is 0.886. The molecule has 0 amide bonds. The molecular weight excluding hydrogens is 1170 g/mol. The van der Waals surface area contributed by atoms with Crippen LogP contribution in [0.3, 0.4) is 0 Å². The zero-order chi connectivity index (χ0) is 65.9. The molecule has 0 fully saturated rings. The number of allylic oxidation sites excluding steroid dienone is 4. The van der Waals surface area contributed by atoms with Crippen LogP contribution in [0.4, 0.5) is 0 Å². The summed E-state index contributed by atoms with van der Waals surface area (Å²) in [4.78, 5) is 72.5. The number of aliphatic hydroxyl groups is 1. The summed E-state index contributed by atoms with van der Waals surface area (Å²) in [5.41, 5.74) is 0. The highest BCUT2D eigenvalue weighted by Gasteiger charge is 2.30. The summed E-state index contributed by atoms with van der Waals surface area (Å²) in [6, 6.07) is 0. The second-order valence-corrected chi connectivity index (χ2v) is 28.7. The Morgan fingerprint density at radius 2 is 0.663 bits per heavy atom. The van der Waals surface area contributed by atoms with Crippen molar-refractivity contribution in [2.75, 3.05) is 39.6 Å². The first-order valence-electron chi connectivity index (χ1n) is 35.7. The summed E-state index contributed by atoms with van der Waals surface area (Å²) in [5.74, 6) is 0.0420. The number of rotatable bonds is 66. The molecule has 0 rings (SSSR count). The van der Waals surface area contributed by atoms with E-state index < -0.39 is 97.5 Å². The highest BCUT2D eigenvalue weighted by molar-refractivity contribution is 7.47. The normalized spacial score (nSPS) is 14.7. The van der Waals surface area contributed by atoms with Gasteiger partial charge in [0, 0.05) is 25.7 Å². The molecular formula is C70H132O17P2. The molecule has 0 aromatic rings. The van der Waals surface area contributed by atoms with Crippen LogP contribution in [0.15, 0.2) is 24.3 Å². The smallest absolute Gasteiger partial charge is 0.462 e. The first-order valence-corrected chi connectivity index (χ1v) is 38.7. The quantitative estimate of drug-likeness (QED) is 0.0169. The number of esters is 4. The lowest BCUT2D eigenvalue weighted by atomic mass is 9.99. The highest BCUT2D eigenvalue weighted by Crippen LogP contribution is 2.45. The van der Waals surface area contributed by atoms with Crippen molar-refractivity contribution in [2.24, 2.45) is 17.8 Å². The van der Waals surface area contributed by atoms with Gasteiger partial charge in [0.25, 0.3) is 0 Å². The number of ether oxygens (including phenoxy) is 4. The number of carbonyl (C=O) groups excluding carboxylic acids is 4. The Balaban J connectivity index is 5.28. The van der Waals surface area contributed by atoms with Crippen molar-refractivity contribution in [2.45, 2.75) is 343 Å². The topological polar surface area (TPSA) is 237 Å². The van der Waals surface area contributed by atoms with Crippen molar-refractivity contribution in [3.63, 3.8) is 0 Å². The number of hydrogen-bond acceptors (Lipinski definition) is 15. The van der Waals surface area contributed by atoms with Crippen LogP contribution in [0.5, 0.6) is 0 Å². The third kappa shape index (κ3) is 62.7. The molecule has 3 N–H and O–H groups in total. The molecule has 0 bridgehead atoms. The summed E-state index contributed by atoms with van der Waals surface area (Å²) < 4.78 is 68.2. The van der Waals surface area contributed by atoms with E-state index in [0.29, 0.717) is 31.6 Å². The zero-order valence-electron chi connectivity index (χ0n) is 57.4. The molecule has 0 aliphatic rings. The van der Waals surface area contributed by atoms with Gasteiger partial charge in [0.05, 0.1) is 26.4 Å². The largest absolute Gasteiger partial charge is 0.472 e. The van der Waals surface area contributed by atoms with E-state index in [1.807, 2.05) is 0 Å². The number of unbranched alkanes of at least 4 members (excludes halogenated alkanes) is 30. The molecule has 0 heterocycles. The van der Waals surface area contributed by atoms with Crippen LogP contribution in [0.1, 0.15) is 325 Å². The van der Waals surface area contributed by atoms with E-state index in [-0.39, 0.29) is 25.7 Å². The van der Waals surface area contributed by atoms with Gasteiger partial charge >= 0.3 is 39.5 Å². The molecule has 524 valence electrons. The third-order valence-corrected chi connectivity index (χ3v) is 17.8. The van der Waals surface area contributed by atoms with Gasteiger partial charge < -0.3 is 33.8 Å². The van der Waals surface area contributed by atoms with Crippen LogP contribution >= 0.6 is 15.6 Å². The first-order chi connectivity index (χ1) is 42.8. The van der Waals surface area contributed by atoms with Crippen molar-refractivity contribution >= 4 is 39.5 Å². The lowest BCUT2D eigenvalue weighted by molar-refractivity contribution is -0.161. The molecule has 19 heteroatoms. The molecule has 6 atom stereocenters. The van der Waals surface area contributed by atoms with E-state index in [1.165, 1.54) is 116 Å². The first kappa shape index (κ1) is 86.5. The SMILES string of the molecule is CCCCCC/C=C\C=C/CCCCCCCC(=O)O[C@H](COC(=O)CCCCCCCCC(C)C)COP(=O)(O)OCC(O)COP(=O)(O)OC[C@@H](COC(=O)CCCCCCCCCCC(C)C)OC(=O)CCCCCCCCCCCCC(C)CC. The van der Waals surface area contributed by atoms with Crippen LogP contribution in [-0.4, -0.2) is 96.7 Å². The van der Waals surface area contributed by atoms with Crippen molar-refractivity contribution in [3.8, 4) is 0 Å². The summed E-state index contributed by atoms with van der Waals surface area (Å²) in [6.07, 6.45) is 46.7. The van der Waals surface area contributed by atoms with Gasteiger partial charge in [-0.1, -0.05) is 272 Å². The van der Waals surface area contributed by atoms with Crippen LogP contribution in [0.25, 0.3) is 0 Å². The van der Waals surface area contributed by atoms with Crippen LogP contribution in [-0.2, 0) is 65.4 Å². The van der Waals surface area contributed by atoms with Crippen molar-refractivity contribution < 1.29 is 80.2 Å². The average molecular weight is 1310 g/mol. The molecule has 17 nitrogen and oxygen atoms in total. The standard InChI is InChI=1S/C70H132O17P2/c1-8-10-11-12-13-14-15-16-17-18-19-23-30-39-46-53-69(74)87-66(58-81-68(73)52-45-38-33-32-35-42-49-62(5)6)60-85-89(78,79)83-56-64(71)55-82-88(76,77)84-59-65(57-80-67(72)51-44-37-29-26-25-27-34-41-48-61(3)4)86-70(75)54-47-40-31-24-21-20-22-28-36-43-50-63(7)9-2/h14-17,61-66,71H,8-13,18-60H2,1-7H3,(H,76,77)(H,78,79)/b15-14-,17-16-/t63?,64?,65-,66-/m1/s1. The Labute approximate surface area is 542 Å². The predicted molar refractivity (Wildman–Crippen MR) is 358 cm³/mol. The third-order valence-electron chi connectivity index (χ3n) is 15.9. The van der Waals surface area contributed by atoms with Crippen LogP contribution in [0, 0.1) is 17.8 Å². The maximum absolute atomic E-state index is 13.0. The molecule has 0 aromatic heterocycles. The monoisotopic (exact) mass is 1310 g/mol. The second-order valence-electron chi connectivity index (χ2n) is 25.8. The summed E-state index contributed by atoms with van der Waals surface area (Å²) >= 11 is 0. The van der Waals surface area contributed by atoms with Crippen molar-refractivity contribution in [1.82, 2.24) is 0 Å². The fourth-order valence-electron chi connectivity index (χ4n) is 9.97. The Morgan fingerprint density at radius 3 is 1.00 bits per heavy atom. The average Bonchev–Trinajstić information content (AvgIpc) is 3.58. The maximum Gasteiger partial charge on any atom is 0.472 e. The summed E-state index contributed by atoms with van der Waals surface area (Å²) in [5, 5.41) is 10.6. The fourth-order valence-corrected chi connectivity index (χ4v) is 11.5. The Bertz CT molecular complexity index is 1840. The van der Waals surface area contributed by atoms with Gasteiger partial charge in [-0.25, -0.2) is 9.13 Å². The van der Waals surface area contributed by atoms with Gasteiger partial charge in [0.1, 0.15) is 19.3 Å². The lowest BCUT2D eigenvalue weighted by Gasteiger charge is -2.21. The van der Waals surface area contributed by atoms with E-state index >= 15 is 0 Å². The number of phosphoric acid groups is 2.